The monoisotopic (exact) mass is 315 g/mol. The Labute approximate surface area is 120 Å². The third-order valence-electron chi connectivity index (χ3n) is 3.32. The van der Waals surface area contributed by atoms with E-state index in [0.717, 1.165) is 21.3 Å². The van der Waals surface area contributed by atoms with Crippen LogP contribution in [-0.4, -0.2) is 11.1 Å². The van der Waals surface area contributed by atoms with Crippen molar-refractivity contribution in [2.45, 2.75) is 12.1 Å². The van der Waals surface area contributed by atoms with Crippen molar-refractivity contribution in [3.8, 4) is 0 Å². The predicted octanol–water partition coefficient (Wildman–Crippen LogP) is 3.99. The van der Waals surface area contributed by atoms with Gasteiger partial charge in [0.1, 0.15) is 6.10 Å². The van der Waals surface area contributed by atoms with Crippen LogP contribution in [0.15, 0.2) is 59.1 Å². The average Bonchev–Trinajstić information content (AvgIpc) is 2.45. The molecule has 0 amide bonds. The maximum Gasteiger partial charge on any atom is 0.103 e. The van der Waals surface area contributed by atoms with E-state index in [4.69, 9.17) is 0 Å². The van der Waals surface area contributed by atoms with E-state index < -0.39 is 6.10 Å². The molecule has 2 nitrogen and oxygen atoms in total. The Morgan fingerprint density at radius 3 is 2.53 bits per heavy atom. The SMILES string of the molecule is O[C@@H]1c2ccccc2C=C[C@H]1Nc1ccc(Br)cc1. The Balaban J connectivity index is 1.83. The summed E-state index contributed by atoms with van der Waals surface area (Å²) in [6.07, 6.45) is 3.54. The Morgan fingerprint density at radius 1 is 1.00 bits per heavy atom. The topological polar surface area (TPSA) is 32.3 Å². The first kappa shape index (κ1) is 12.5. The number of halogens is 1. The molecule has 0 unspecified atom stereocenters. The Hall–Kier alpha value is -1.58. The molecule has 0 saturated heterocycles. The van der Waals surface area contributed by atoms with Gasteiger partial charge in [0.25, 0.3) is 0 Å². The largest absolute Gasteiger partial charge is 0.386 e. The van der Waals surface area contributed by atoms with Crippen molar-refractivity contribution in [3.63, 3.8) is 0 Å². The molecule has 0 aliphatic heterocycles. The zero-order valence-electron chi connectivity index (χ0n) is 10.3. The van der Waals surface area contributed by atoms with Crippen LogP contribution in [0.25, 0.3) is 6.08 Å². The maximum absolute atomic E-state index is 10.4. The van der Waals surface area contributed by atoms with Gasteiger partial charge >= 0.3 is 0 Å². The van der Waals surface area contributed by atoms with Crippen LogP contribution in [0, 0.1) is 0 Å². The highest BCUT2D eigenvalue weighted by atomic mass is 79.9. The summed E-state index contributed by atoms with van der Waals surface area (Å²) in [5.74, 6) is 0. The minimum absolute atomic E-state index is 0.101. The Morgan fingerprint density at radius 2 is 1.74 bits per heavy atom. The molecule has 0 fully saturated rings. The first-order valence-electron chi connectivity index (χ1n) is 6.21. The summed E-state index contributed by atoms with van der Waals surface area (Å²) in [5, 5.41) is 13.8. The molecule has 2 atom stereocenters. The van der Waals surface area contributed by atoms with Gasteiger partial charge in [-0.25, -0.2) is 0 Å². The molecule has 2 N–H and O–H groups in total. The fourth-order valence-corrected chi connectivity index (χ4v) is 2.57. The molecule has 1 aliphatic rings. The summed E-state index contributed by atoms with van der Waals surface area (Å²) in [6, 6.07) is 15.8. The van der Waals surface area contributed by atoms with E-state index in [2.05, 4.69) is 27.3 Å². The van der Waals surface area contributed by atoms with Gasteiger partial charge in [-0.1, -0.05) is 52.3 Å². The minimum Gasteiger partial charge on any atom is -0.386 e. The second-order valence-corrected chi connectivity index (χ2v) is 5.53. The van der Waals surface area contributed by atoms with E-state index >= 15 is 0 Å². The number of rotatable bonds is 2. The van der Waals surface area contributed by atoms with Gasteiger partial charge in [0.2, 0.25) is 0 Å². The van der Waals surface area contributed by atoms with Crippen molar-refractivity contribution in [2.24, 2.45) is 0 Å². The van der Waals surface area contributed by atoms with E-state index in [1.165, 1.54) is 0 Å². The normalized spacial score (nSPS) is 20.9. The molecular formula is C16H14BrNO. The molecule has 0 heterocycles. The van der Waals surface area contributed by atoms with Crippen LogP contribution in [0.4, 0.5) is 5.69 Å². The fraction of sp³-hybridized carbons (Fsp3) is 0.125. The third kappa shape index (κ3) is 2.57. The highest BCUT2D eigenvalue weighted by Gasteiger charge is 2.23. The summed E-state index contributed by atoms with van der Waals surface area (Å²) in [7, 11) is 0. The van der Waals surface area contributed by atoms with Gasteiger partial charge in [-0.3, -0.25) is 0 Å². The summed E-state index contributed by atoms with van der Waals surface area (Å²) in [4.78, 5) is 0. The van der Waals surface area contributed by atoms with Crippen molar-refractivity contribution in [1.82, 2.24) is 0 Å². The minimum atomic E-state index is -0.523. The van der Waals surface area contributed by atoms with Crippen LogP contribution in [0.3, 0.4) is 0 Å². The van der Waals surface area contributed by atoms with Gasteiger partial charge in [0.05, 0.1) is 6.04 Å². The first-order valence-corrected chi connectivity index (χ1v) is 7.00. The number of hydrogen-bond acceptors (Lipinski definition) is 2. The highest BCUT2D eigenvalue weighted by molar-refractivity contribution is 9.10. The van der Waals surface area contributed by atoms with Crippen molar-refractivity contribution in [2.75, 3.05) is 5.32 Å². The van der Waals surface area contributed by atoms with Gasteiger partial charge in [0.15, 0.2) is 0 Å². The van der Waals surface area contributed by atoms with Crippen molar-refractivity contribution in [3.05, 3.63) is 70.2 Å². The molecule has 2 aromatic rings. The van der Waals surface area contributed by atoms with Gasteiger partial charge in [-0.15, -0.1) is 0 Å². The number of nitrogens with one attached hydrogen (secondary N) is 1. The molecule has 0 bridgehead atoms. The van der Waals surface area contributed by atoms with Crippen LogP contribution in [0.5, 0.6) is 0 Å². The lowest BCUT2D eigenvalue weighted by Crippen LogP contribution is -2.27. The molecule has 3 rings (SSSR count). The van der Waals surface area contributed by atoms with Gasteiger partial charge in [0, 0.05) is 10.2 Å². The number of fused-ring (bicyclic) bond motifs is 1. The second-order valence-electron chi connectivity index (χ2n) is 4.61. The molecule has 0 spiro atoms. The fourth-order valence-electron chi connectivity index (χ4n) is 2.30. The predicted molar refractivity (Wildman–Crippen MR) is 82.0 cm³/mol. The van der Waals surface area contributed by atoms with E-state index in [-0.39, 0.29) is 6.04 Å². The number of aliphatic hydroxyl groups is 1. The van der Waals surface area contributed by atoms with Crippen molar-refractivity contribution < 1.29 is 5.11 Å². The van der Waals surface area contributed by atoms with Crippen molar-refractivity contribution >= 4 is 27.7 Å². The molecular weight excluding hydrogens is 302 g/mol. The standard InChI is InChI=1S/C16H14BrNO/c17-12-6-8-13(9-7-12)18-15-10-5-11-3-1-2-4-14(11)16(15)19/h1-10,15-16,18-19H/t15-,16-/m1/s1. The van der Waals surface area contributed by atoms with Gasteiger partial charge in [-0.2, -0.15) is 0 Å². The molecule has 0 aromatic heterocycles. The van der Waals surface area contributed by atoms with Crippen LogP contribution in [-0.2, 0) is 0 Å². The van der Waals surface area contributed by atoms with Crippen molar-refractivity contribution in [1.29, 1.82) is 0 Å². The van der Waals surface area contributed by atoms with E-state index in [0.29, 0.717) is 0 Å². The average molecular weight is 316 g/mol. The lowest BCUT2D eigenvalue weighted by Gasteiger charge is -2.27. The second kappa shape index (κ2) is 5.19. The van der Waals surface area contributed by atoms with E-state index in [1.54, 1.807) is 0 Å². The lowest BCUT2D eigenvalue weighted by atomic mass is 9.91. The zero-order valence-corrected chi connectivity index (χ0v) is 11.8. The third-order valence-corrected chi connectivity index (χ3v) is 3.84. The number of benzene rings is 2. The van der Waals surface area contributed by atoms with Gasteiger partial charge in [-0.05, 0) is 35.4 Å². The van der Waals surface area contributed by atoms with E-state index in [9.17, 15) is 5.11 Å². The van der Waals surface area contributed by atoms with E-state index in [1.807, 2.05) is 54.6 Å². The number of anilines is 1. The number of aliphatic hydroxyl groups excluding tert-OH is 1. The lowest BCUT2D eigenvalue weighted by molar-refractivity contribution is 0.168. The summed E-state index contributed by atoms with van der Waals surface area (Å²) in [6.45, 7) is 0. The summed E-state index contributed by atoms with van der Waals surface area (Å²) < 4.78 is 1.04. The van der Waals surface area contributed by atoms with Crippen LogP contribution >= 0.6 is 15.9 Å². The Kier molecular flexibility index (Phi) is 3.40. The molecule has 1 aliphatic carbocycles. The van der Waals surface area contributed by atoms with Crippen LogP contribution in [0.2, 0.25) is 0 Å². The van der Waals surface area contributed by atoms with Crippen LogP contribution in [0.1, 0.15) is 17.2 Å². The highest BCUT2D eigenvalue weighted by Crippen LogP contribution is 2.29. The molecule has 19 heavy (non-hydrogen) atoms. The molecule has 0 saturated carbocycles. The quantitative estimate of drug-likeness (QED) is 0.878. The summed E-state index contributed by atoms with van der Waals surface area (Å²) in [5.41, 5.74) is 3.06. The molecule has 2 aromatic carbocycles. The summed E-state index contributed by atoms with van der Waals surface area (Å²) >= 11 is 3.41. The molecule has 3 heteroatoms. The molecule has 96 valence electrons. The zero-order chi connectivity index (χ0) is 13.2. The smallest absolute Gasteiger partial charge is 0.103 e. The Bertz CT molecular complexity index is 606. The number of hydrogen-bond donors (Lipinski definition) is 2. The first-order chi connectivity index (χ1) is 9.24. The van der Waals surface area contributed by atoms with Crippen LogP contribution < -0.4 is 5.32 Å². The van der Waals surface area contributed by atoms with Gasteiger partial charge < -0.3 is 10.4 Å². The molecule has 0 radical (unpaired) electrons. The maximum atomic E-state index is 10.4.